The maximum atomic E-state index is 14.7. The number of carboxylic acid groups (broad SMARTS) is 1. The Hall–Kier alpha value is -5.16. The summed E-state index contributed by atoms with van der Waals surface area (Å²) in [4.78, 5) is 63.0. The number of aliphatic carboxylic acids is 1. The van der Waals surface area contributed by atoms with Gasteiger partial charge in [0.1, 0.15) is 53.8 Å². The first-order chi connectivity index (χ1) is 30.0. The van der Waals surface area contributed by atoms with Gasteiger partial charge in [-0.2, -0.15) is 0 Å². The SMILES string of the molecule is CCCCCC[C@H](NC(=O)OC1C[C@@H]2C[C@@H]2C1)C(=O)N1C[C@H](Oc2cc(-n3ccc(NC(C)C)n3)nc3cc(OCCN4CCOCC4)ccc23)C[C@H]1C(=O)NC1(C(=O)O)CC1. The second-order valence-corrected chi connectivity index (χ2v) is 18.1. The maximum absolute atomic E-state index is 14.7. The lowest BCUT2D eigenvalue weighted by Gasteiger charge is -2.29. The lowest BCUT2D eigenvalue weighted by atomic mass is 10.1. The Morgan fingerprint density at radius 2 is 1.77 bits per heavy atom. The number of pyridine rings is 1. The fourth-order valence-electron chi connectivity index (χ4n) is 9.12. The van der Waals surface area contributed by atoms with Gasteiger partial charge in [0.15, 0.2) is 5.82 Å². The van der Waals surface area contributed by atoms with Crippen LogP contribution in [0.4, 0.5) is 10.6 Å². The average Bonchev–Trinajstić information content (AvgIpc) is 4.00. The van der Waals surface area contributed by atoms with Crippen LogP contribution in [-0.4, -0.2) is 135 Å². The lowest BCUT2D eigenvalue weighted by Crippen LogP contribution is -2.56. The molecule has 2 aromatic heterocycles. The standard InChI is InChI=1S/C45H62N8O9/c1-4-5-6-7-8-35(48-44(58)62-32-22-29-21-30(29)23-32)42(55)52-27-33(25-37(52)41(54)49-45(12-13-45)43(56)57)61-38-26-40(53-14-11-39(50-53)46-28(2)3)47-36-24-31(9-10-34(36)38)60-20-17-51-15-18-59-19-16-51/h9-11,14,24,26,28-30,32-33,35,37H,4-8,12-13,15-23,25,27H2,1-3H3,(H,46,50)(H,48,58)(H,49,54)(H,56,57)/t29-,30+,32?,33-,35+,37+/m1/s1. The number of anilines is 1. The Balaban J connectivity index is 1.05. The molecule has 0 radical (unpaired) electrons. The molecule has 2 aliphatic heterocycles. The number of unbranched alkanes of at least 4 members (excludes halogenated alkanes) is 3. The molecule has 4 N–H and O–H groups in total. The number of fused-ring (bicyclic) bond motifs is 2. The molecule has 2 saturated heterocycles. The number of nitrogens with one attached hydrogen (secondary N) is 3. The van der Waals surface area contributed by atoms with Crippen molar-refractivity contribution < 1.29 is 43.2 Å². The van der Waals surface area contributed by atoms with Crippen LogP contribution in [0.25, 0.3) is 16.7 Å². The van der Waals surface area contributed by atoms with Crippen LogP contribution in [-0.2, 0) is 23.9 Å². The van der Waals surface area contributed by atoms with Gasteiger partial charge < -0.3 is 44.9 Å². The molecule has 3 amide bonds. The number of ether oxygens (including phenoxy) is 4. The molecule has 17 nitrogen and oxygen atoms in total. The predicted molar refractivity (Wildman–Crippen MR) is 229 cm³/mol. The molecule has 336 valence electrons. The topological polar surface area (TPSA) is 199 Å². The van der Waals surface area contributed by atoms with Crippen LogP contribution in [0.2, 0.25) is 0 Å². The van der Waals surface area contributed by atoms with Crippen LogP contribution in [0.1, 0.15) is 91.4 Å². The van der Waals surface area contributed by atoms with Crippen molar-refractivity contribution in [2.24, 2.45) is 11.8 Å². The fourth-order valence-corrected chi connectivity index (χ4v) is 9.12. The van der Waals surface area contributed by atoms with E-state index in [1.54, 1.807) is 10.7 Å². The zero-order chi connectivity index (χ0) is 43.4. The summed E-state index contributed by atoms with van der Waals surface area (Å²) in [5, 5.41) is 24.3. The second kappa shape index (κ2) is 19.1. The molecule has 0 spiro atoms. The van der Waals surface area contributed by atoms with Gasteiger partial charge in [0.2, 0.25) is 11.8 Å². The molecule has 8 rings (SSSR count). The number of carboxylic acids is 1. The molecule has 3 aliphatic carbocycles. The summed E-state index contributed by atoms with van der Waals surface area (Å²) >= 11 is 0. The molecule has 62 heavy (non-hydrogen) atoms. The lowest BCUT2D eigenvalue weighted by molar-refractivity contribution is -0.145. The highest BCUT2D eigenvalue weighted by molar-refractivity contribution is 5.95. The van der Waals surface area contributed by atoms with Gasteiger partial charge in [0, 0.05) is 61.9 Å². The second-order valence-electron chi connectivity index (χ2n) is 18.1. The summed E-state index contributed by atoms with van der Waals surface area (Å²) in [5.41, 5.74) is -0.762. The minimum Gasteiger partial charge on any atom is -0.492 e. The normalized spacial score (nSPS) is 24.3. The van der Waals surface area contributed by atoms with Gasteiger partial charge in [-0.05, 0) is 76.3 Å². The number of carbonyl (C=O) groups excluding carboxylic acids is 3. The zero-order valence-electron chi connectivity index (χ0n) is 36.2. The number of alkyl carbamates (subject to hydrolysis) is 1. The van der Waals surface area contributed by atoms with Crippen LogP contribution < -0.4 is 25.4 Å². The van der Waals surface area contributed by atoms with E-state index in [4.69, 9.17) is 29.0 Å². The van der Waals surface area contributed by atoms with E-state index in [0.29, 0.717) is 91.4 Å². The quantitative estimate of drug-likeness (QED) is 0.112. The summed E-state index contributed by atoms with van der Waals surface area (Å²) in [6.45, 7) is 10.6. The highest BCUT2D eigenvalue weighted by Crippen LogP contribution is 2.52. The van der Waals surface area contributed by atoms with E-state index >= 15 is 0 Å². The molecule has 5 aliphatic rings. The molecule has 0 bridgehead atoms. The molecule has 3 aromatic rings. The highest BCUT2D eigenvalue weighted by atomic mass is 16.6. The largest absolute Gasteiger partial charge is 0.492 e. The van der Waals surface area contributed by atoms with Crippen molar-refractivity contribution in [3.05, 3.63) is 36.5 Å². The van der Waals surface area contributed by atoms with Gasteiger partial charge in [0.25, 0.3) is 0 Å². The Kier molecular flexibility index (Phi) is 13.4. The average molecular weight is 859 g/mol. The van der Waals surface area contributed by atoms with E-state index in [1.165, 1.54) is 11.3 Å². The molecular formula is C45H62N8O9. The number of carbonyl (C=O) groups is 4. The third-order valence-corrected chi connectivity index (χ3v) is 12.8. The van der Waals surface area contributed by atoms with Crippen molar-refractivity contribution in [3.8, 4) is 17.3 Å². The fraction of sp³-hybridized carbons (Fsp3) is 0.644. The van der Waals surface area contributed by atoms with Gasteiger partial charge in [-0.25, -0.2) is 19.3 Å². The van der Waals surface area contributed by atoms with Gasteiger partial charge in [-0.1, -0.05) is 32.6 Å². The van der Waals surface area contributed by atoms with E-state index < -0.39 is 47.6 Å². The van der Waals surface area contributed by atoms with E-state index in [9.17, 15) is 24.3 Å². The number of morpholine rings is 1. The summed E-state index contributed by atoms with van der Waals surface area (Å²) in [7, 11) is 0. The van der Waals surface area contributed by atoms with Crippen LogP contribution in [0.3, 0.4) is 0 Å². The third-order valence-electron chi connectivity index (χ3n) is 12.8. The first-order valence-electron chi connectivity index (χ1n) is 22.7. The van der Waals surface area contributed by atoms with Gasteiger partial charge in [-0.3, -0.25) is 14.5 Å². The number of hydrogen-bond donors (Lipinski definition) is 4. The third kappa shape index (κ3) is 10.5. The van der Waals surface area contributed by atoms with Crippen molar-refractivity contribution in [2.45, 2.75) is 127 Å². The molecular weight excluding hydrogens is 797 g/mol. The molecule has 3 saturated carbocycles. The zero-order valence-corrected chi connectivity index (χ0v) is 36.2. The first-order valence-corrected chi connectivity index (χ1v) is 22.7. The van der Waals surface area contributed by atoms with Crippen molar-refractivity contribution in [1.29, 1.82) is 0 Å². The number of amides is 3. The molecule has 5 fully saturated rings. The summed E-state index contributed by atoms with van der Waals surface area (Å²) in [5.74, 6) is 1.41. The molecule has 1 unspecified atom stereocenters. The maximum Gasteiger partial charge on any atom is 0.408 e. The summed E-state index contributed by atoms with van der Waals surface area (Å²) < 4.78 is 25.9. The van der Waals surface area contributed by atoms with Gasteiger partial charge >= 0.3 is 12.1 Å². The van der Waals surface area contributed by atoms with E-state index in [1.807, 2.05) is 44.3 Å². The number of benzene rings is 1. The van der Waals surface area contributed by atoms with Crippen LogP contribution in [0.5, 0.6) is 11.5 Å². The summed E-state index contributed by atoms with van der Waals surface area (Å²) in [6, 6.07) is 7.46. The molecule has 4 heterocycles. The van der Waals surface area contributed by atoms with E-state index in [2.05, 4.69) is 27.8 Å². The minimum atomic E-state index is -1.36. The van der Waals surface area contributed by atoms with Gasteiger partial charge in [-0.15, -0.1) is 5.10 Å². The Labute approximate surface area is 362 Å². The van der Waals surface area contributed by atoms with Crippen molar-refractivity contribution in [3.63, 3.8) is 0 Å². The Bertz CT molecular complexity index is 2070. The van der Waals surface area contributed by atoms with Crippen LogP contribution in [0.15, 0.2) is 36.5 Å². The highest BCUT2D eigenvalue weighted by Gasteiger charge is 2.54. The van der Waals surface area contributed by atoms with Crippen molar-refractivity contribution in [1.82, 2.24) is 35.2 Å². The monoisotopic (exact) mass is 858 g/mol. The predicted octanol–water partition coefficient (Wildman–Crippen LogP) is 4.90. The van der Waals surface area contributed by atoms with Crippen molar-refractivity contribution >= 4 is 40.6 Å². The van der Waals surface area contributed by atoms with E-state index in [0.717, 1.165) is 51.7 Å². The molecule has 17 heteroatoms. The number of likely N-dealkylation sites (tertiary alicyclic amines) is 1. The van der Waals surface area contributed by atoms with Gasteiger partial charge in [0.05, 0.1) is 25.3 Å². The van der Waals surface area contributed by atoms with E-state index in [-0.39, 0.29) is 25.1 Å². The molecule has 1 aromatic carbocycles. The van der Waals surface area contributed by atoms with Crippen LogP contribution in [0, 0.1) is 11.8 Å². The van der Waals surface area contributed by atoms with Crippen LogP contribution >= 0.6 is 0 Å². The Morgan fingerprint density at radius 1 is 0.984 bits per heavy atom. The number of nitrogens with zero attached hydrogens (tertiary/aromatic N) is 5. The van der Waals surface area contributed by atoms with Crippen molar-refractivity contribution in [2.75, 3.05) is 51.3 Å². The Morgan fingerprint density at radius 3 is 2.50 bits per heavy atom. The first kappa shape index (κ1) is 43.5. The minimum absolute atomic E-state index is 0.0251. The number of rotatable bonds is 20. The number of hydrogen-bond acceptors (Lipinski definition) is 12. The summed E-state index contributed by atoms with van der Waals surface area (Å²) in [6.07, 6.45) is 7.84. The molecule has 6 atom stereocenters. The smallest absolute Gasteiger partial charge is 0.408 e. The number of aromatic nitrogens is 3.